The van der Waals surface area contributed by atoms with Crippen LogP contribution >= 0.6 is 0 Å². The summed E-state index contributed by atoms with van der Waals surface area (Å²) in [5.74, 6) is 0.255. The van der Waals surface area contributed by atoms with Crippen LogP contribution in [-0.2, 0) is 4.79 Å². The maximum Gasteiger partial charge on any atom is 0.129 e. The van der Waals surface area contributed by atoms with Crippen LogP contribution < -0.4 is 0 Å². The molecule has 0 N–H and O–H groups in total. The lowest BCUT2D eigenvalue weighted by atomic mass is 10.3. The van der Waals surface area contributed by atoms with Crippen molar-refractivity contribution in [3.05, 3.63) is 0 Å². The van der Waals surface area contributed by atoms with Crippen molar-refractivity contribution in [2.75, 3.05) is 13.1 Å². The molecule has 0 aliphatic carbocycles. The molecule has 15 heavy (non-hydrogen) atoms. The summed E-state index contributed by atoms with van der Waals surface area (Å²) in [6, 6.07) is 0.775. The number of rotatable bonds is 2. The average molecular weight is 215 g/mol. The fourth-order valence-corrected chi connectivity index (χ4v) is 1.26. The van der Waals surface area contributed by atoms with E-state index < -0.39 is 0 Å². The minimum atomic E-state index is 0.255. The van der Waals surface area contributed by atoms with Crippen LogP contribution in [0.4, 0.5) is 0 Å². The van der Waals surface area contributed by atoms with Crippen LogP contribution in [-0.4, -0.2) is 29.8 Å². The normalized spacial score (nSPS) is 15.1. The first kappa shape index (κ1) is 17.0. The maximum absolute atomic E-state index is 9.81. The van der Waals surface area contributed by atoms with Crippen molar-refractivity contribution in [1.29, 1.82) is 0 Å². The van der Waals surface area contributed by atoms with Gasteiger partial charge in [-0.2, -0.15) is 0 Å². The number of likely N-dealkylation sites (tertiary alicyclic amines) is 1. The van der Waals surface area contributed by atoms with Crippen LogP contribution in [0.2, 0.25) is 0 Å². The molecule has 2 nitrogen and oxygen atoms in total. The number of ketones is 1. The van der Waals surface area contributed by atoms with Crippen molar-refractivity contribution in [3.8, 4) is 0 Å². The second kappa shape index (κ2) is 11.7. The molecule has 0 aromatic rings. The molecule has 1 fully saturated rings. The van der Waals surface area contributed by atoms with E-state index >= 15 is 0 Å². The van der Waals surface area contributed by atoms with E-state index in [0.29, 0.717) is 6.42 Å². The van der Waals surface area contributed by atoms with Gasteiger partial charge in [-0.25, -0.2) is 0 Å². The van der Waals surface area contributed by atoms with Crippen LogP contribution in [0, 0.1) is 0 Å². The third-order valence-electron chi connectivity index (χ3n) is 2.37. The summed E-state index contributed by atoms with van der Waals surface area (Å²) in [5.41, 5.74) is 0. The smallest absolute Gasteiger partial charge is 0.129 e. The van der Waals surface area contributed by atoms with Crippen LogP contribution in [0.25, 0.3) is 0 Å². The van der Waals surface area contributed by atoms with E-state index in [4.69, 9.17) is 0 Å². The number of hydrogen-bond donors (Lipinski definition) is 0. The zero-order chi connectivity index (χ0) is 12.3. The first-order valence-electron chi connectivity index (χ1n) is 6.31. The second-order valence-corrected chi connectivity index (χ2v) is 3.89. The minimum absolute atomic E-state index is 0.255. The minimum Gasteiger partial charge on any atom is -0.301 e. The Morgan fingerprint density at radius 1 is 1.20 bits per heavy atom. The Morgan fingerprint density at radius 3 is 1.67 bits per heavy atom. The molecule has 0 bridgehead atoms. The van der Waals surface area contributed by atoms with Gasteiger partial charge in [0, 0.05) is 12.5 Å². The van der Waals surface area contributed by atoms with Gasteiger partial charge in [0.15, 0.2) is 0 Å². The Balaban J connectivity index is 0. The lowest BCUT2D eigenvalue weighted by Crippen LogP contribution is -2.26. The van der Waals surface area contributed by atoms with Gasteiger partial charge in [0.2, 0.25) is 0 Å². The Labute approximate surface area is 96.0 Å². The van der Waals surface area contributed by atoms with Gasteiger partial charge in [0.25, 0.3) is 0 Å². The van der Waals surface area contributed by atoms with Crippen molar-refractivity contribution in [2.24, 2.45) is 0 Å². The van der Waals surface area contributed by atoms with Crippen molar-refractivity contribution < 1.29 is 4.79 Å². The Morgan fingerprint density at radius 2 is 1.53 bits per heavy atom. The molecule has 1 saturated heterocycles. The third-order valence-corrected chi connectivity index (χ3v) is 2.37. The summed E-state index contributed by atoms with van der Waals surface area (Å²) >= 11 is 0. The van der Waals surface area contributed by atoms with Gasteiger partial charge >= 0.3 is 0 Å². The standard InChI is InChI=1S/C7H15N.C4H8O.C2H6/c1-7(2)8-5-3-4-6-8;1-3-4(2)5;1-2/h7H,3-6H2,1-2H3;3H2,1-2H3;1-2H3. The van der Waals surface area contributed by atoms with E-state index in [9.17, 15) is 4.79 Å². The van der Waals surface area contributed by atoms with Crippen LogP contribution in [0.5, 0.6) is 0 Å². The molecule has 0 radical (unpaired) electrons. The Bertz CT molecular complexity index is 137. The SMILES string of the molecule is CC.CC(C)N1CCCC1.CCC(C)=O. The zero-order valence-electron chi connectivity index (χ0n) is 11.5. The summed E-state index contributed by atoms with van der Waals surface area (Å²) in [4.78, 5) is 12.3. The predicted molar refractivity (Wildman–Crippen MR) is 68.3 cm³/mol. The van der Waals surface area contributed by atoms with E-state index in [1.807, 2.05) is 20.8 Å². The van der Waals surface area contributed by atoms with Gasteiger partial charge in [-0.3, -0.25) is 0 Å². The highest BCUT2D eigenvalue weighted by Crippen LogP contribution is 2.09. The highest BCUT2D eigenvalue weighted by Gasteiger charge is 2.13. The van der Waals surface area contributed by atoms with Crippen LogP contribution in [0.1, 0.15) is 60.8 Å². The van der Waals surface area contributed by atoms with E-state index in [1.165, 1.54) is 25.9 Å². The number of hydrogen-bond acceptors (Lipinski definition) is 2. The van der Waals surface area contributed by atoms with Gasteiger partial charge < -0.3 is 9.69 Å². The van der Waals surface area contributed by atoms with Gasteiger partial charge in [0.1, 0.15) is 5.78 Å². The number of carbonyl (C=O) groups is 1. The zero-order valence-corrected chi connectivity index (χ0v) is 11.5. The molecule has 2 heteroatoms. The molecule has 0 saturated carbocycles. The molecule has 0 aromatic heterocycles. The number of nitrogens with zero attached hydrogens (tertiary/aromatic N) is 1. The fraction of sp³-hybridized carbons (Fsp3) is 0.923. The summed E-state index contributed by atoms with van der Waals surface area (Å²) in [6.45, 7) is 14.6. The molecule has 0 unspecified atom stereocenters. The van der Waals surface area contributed by atoms with Gasteiger partial charge in [0.05, 0.1) is 0 Å². The van der Waals surface area contributed by atoms with Gasteiger partial charge in [-0.1, -0.05) is 20.8 Å². The molecule has 0 spiro atoms. The maximum atomic E-state index is 9.81. The van der Waals surface area contributed by atoms with Crippen molar-refractivity contribution in [2.45, 2.75) is 66.8 Å². The lowest BCUT2D eigenvalue weighted by molar-refractivity contribution is -0.116. The molecular weight excluding hydrogens is 186 g/mol. The highest BCUT2D eigenvalue weighted by molar-refractivity contribution is 5.74. The first-order chi connectivity index (χ1) is 7.07. The topological polar surface area (TPSA) is 20.3 Å². The molecule has 1 heterocycles. The van der Waals surface area contributed by atoms with Crippen LogP contribution in [0.15, 0.2) is 0 Å². The molecular formula is C13H29NO. The quantitative estimate of drug-likeness (QED) is 0.702. The Kier molecular flexibility index (Phi) is 13.3. The monoisotopic (exact) mass is 215 g/mol. The third kappa shape index (κ3) is 11.6. The first-order valence-corrected chi connectivity index (χ1v) is 6.31. The summed E-state index contributed by atoms with van der Waals surface area (Å²) in [6.07, 6.45) is 3.50. The molecule has 0 atom stereocenters. The molecule has 1 rings (SSSR count). The van der Waals surface area contributed by atoms with E-state index in [2.05, 4.69) is 18.7 Å². The molecule has 1 aliphatic rings. The highest BCUT2D eigenvalue weighted by atomic mass is 16.1. The van der Waals surface area contributed by atoms with Crippen LogP contribution in [0.3, 0.4) is 0 Å². The summed E-state index contributed by atoms with van der Waals surface area (Å²) < 4.78 is 0. The van der Waals surface area contributed by atoms with E-state index in [0.717, 1.165) is 6.04 Å². The number of Topliss-reactive ketones (excluding diaryl/α,β-unsaturated/α-hetero) is 1. The fourth-order valence-electron chi connectivity index (χ4n) is 1.26. The largest absolute Gasteiger partial charge is 0.301 e. The molecule has 1 aliphatic heterocycles. The van der Waals surface area contributed by atoms with Crippen molar-refractivity contribution in [3.63, 3.8) is 0 Å². The predicted octanol–water partition coefficient (Wildman–Crippen LogP) is 3.50. The van der Waals surface area contributed by atoms with Crippen molar-refractivity contribution in [1.82, 2.24) is 4.90 Å². The average Bonchev–Trinajstić information content (AvgIpc) is 2.75. The van der Waals surface area contributed by atoms with E-state index in [-0.39, 0.29) is 5.78 Å². The lowest BCUT2D eigenvalue weighted by Gasteiger charge is -2.18. The Hall–Kier alpha value is -0.370. The molecule has 92 valence electrons. The van der Waals surface area contributed by atoms with Crippen molar-refractivity contribution >= 4 is 5.78 Å². The van der Waals surface area contributed by atoms with E-state index in [1.54, 1.807) is 6.92 Å². The number of carbonyl (C=O) groups excluding carboxylic acids is 1. The molecule has 0 amide bonds. The summed E-state index contributed by atoms with van der Waals surface area (Å²) in [5, 5.41) is 0. The van der Waals surface area contributed by atoms with Gasteiger partial charge in [-0.15, -0.1) is 0 Å². The molecule has 0 aromatic carbocycles. The van der Waals surface area contributed by atoms with Gasteiger partial charge in [-0.05, 0) is 46.7 Å². The summed E-state index contributed by atoms with van der Waals surface area (Å²) in [7, 11) is 0. The second-order valence-electron chi connectivity index (χ2n) is 3.89.